The second-order valence-corrected chi connectivity index (χ2v) is 9.34. The lowest BCUT2D eigenvalue weighted by molar-refractivity contribution is 0.377. The molecule has 0 bridgehead atoms. The predicted octanol–water partition coefficient (Wildman–Crippen LogP) is 3.48. The highest BCUT2D eigenvalue weighted by atomic mass is 27.2. The van der Waals surface area contributed by atoms with E-state index >= 15 is 13.2 Å². The summed E-state index contributed by atoms with van der Waals surface area (Å²) >= 11 is -4.79. The molecule has 0 heterocycles. The zero-order chi connectivity index (χ0) is 25.5. The van der Waals surface area contributed by atoms with Crippen molar-refractivity contribution in [3.63, 3.8) is 0 Å². The first-order valence-corrected chi connectivity index (χ1v) is 10.9. The summed E-state index contributed by atoms with van der Waals surface area (Å²) in [6.45, 7) is 0. The van der Waals surface area contributed by atoms with Gasteiger partial charge in [-0.3, -0.25) is 0 Å². The molecule has 13 heteroatoms. The van der Waals surface area contributed by atoms with Gasteiger partial charge in [-0.2, -0.15) is 0 Å². The van der Waals surface area contributed by atoms with Crippen LogP contribution in [0.25, 0.3) is 0 Å². The summed E-state index contributed by atoms with van der Waals surface area (Å²) in [6, 6.07) is 0.322. The summed E-state index contributed by atoms with van der Waals surface area (Å²) < 4.78 is 142. The SMILES string of the molecule is COc1cc(F)c(F)[c]([Al]([c]2c(F)c(F)cc(F)c2OC)[c]2c(F)c(F)cc(F)c2OC)c1F. The van der Waals surface area contributed by atoms with Crippen LogP contribution in [0.15, 0.2) is 18.2 Å². The molecule has 0 N–H and O–H groups in total. The first kappa shape index (κ1) is 25.6. The van der Waals surface area contributed by atoms with Gasteiger partial charge in [0, 0.05) is 18.2 Å². The van der Waals surface area contributed by atoms with Crippen molar-refractivity contribution in [3.05, 3.63) is 70.6 Å². The van der Waals surface area contributed by atoms with Crippen molar-refractivity contribution in [3.8, 4) is 17.2 Å². The third-order valence-electron chi connectivity index (χ3n) is 4.97. The molecular formula is C21H12AlF9O3. The Morgan fingerprint density at radius 3 is 1.24 bits per heavy atom. The lowest BCUT2D eigenvalue weighted by Crippen LogP contribution is -2.58. The number of benzene rings is 3. The van der Waals surface area contributed by atoms with E-state index in [0.717, 1.165) is 21.3 Å². The number of halogens is 9. The Morgan fingerprint density at radius 2 is 0.853 bits per heavy atom. The zero-order valence-electron chi connectivity index (χ0n) is 17.4. The molecule has 0 amide bonds. The largest absolute Gasteiger partial charge is 0.495 e. The summed E-state index contributed by atoms with van der Waals surface area (Å²) in [5.74, 6) is -19.7. The Bertz CT molecular complexity index is 1220. The van der Waals surface area contributed by atoms with Crippen LogP contribution in [-0.2, 0) is 0 Å². The fourth-order valence-corrected chi connectivity index (χ4v) is 7.03. The summed E-state index contributed by atoms with van der Waals surface area (Å²) in [5, 5.41) is 0. The lowest BCUT2D eigenvalue weighted by atomic mass is 10.3. The fraction of sp³-hybridized carbons (Fsp3) is 0.143. The van der Waals surface area contributed by atoms with E-state index in [1.807, 2.05) is 0 Å². The molecule has 180 valence electrons. The molecule has 0 aliphatic rings. The highest BCUT2D eigenvalue weighted by molar-refractivity contribution is 6.96. The second kappa shape index (κ2) is 9.68. The second-order valence-electron chi connectivity index (χ2n) is 6.74. The minimum Gasteiger partial charge on any atom is -0.495 e. The van der Waals surface area contributed by atoms with E-state index in [-0.39, 0.29) is 18.2 Å². The quantitative estimate of drug-likeness (QED) is 0.289. The summed E-state index contributed by atoms with van der Waals surface area (Å²) in [5.41, 5.74) is 0. The Morgan fingerprint density at radius 1 is 0.471 bits per heavy atom. The minimum absolute atomic E-state index is 0.0295. The highest BCUT2D eigenvalue weighted by Crippen LogP contribution is 2.27. The van der Waals surface area contributed by atoms with Crippen LogP contribution >= 0.6 is 0 Å². The average Bonchev–Trinajstić information content (AvgIpc) is 2.79. The molecule has 0 spiro atoms. The van der Waals surface area contributed by atoms with Gasteiger partial charge in [-0.1, -0.05) is 0 Å². The molecule has 0 saturated heterocycles. The maximum atomic E-state index is 15.3. The van der Waals surface area contributed by atoms with Crippen LogP contribution in [0.1, 0.15) is 0 Å². The third-order valence-corrected chi connectivity index (χ3v) is 8.24. The molecule has 0 aliphatic heterocycles. The van der Waals surface area contributed by atoms with E-state index in [9.17, 15) is 26.3 Å². The van der Waals surface area contributed by atoms with Crippen LogP contribution in [-0.4, -0.2) is 35.5 Å². The molecular weight excluding hydrogens is 498 g/mol. The highest BCUT2D eigenvalue weighted by Gasteiger charge is 2.45. The van der Waals surface area contributed by atoms with Crippen molar-refractivity contribution in [2.24, 2.45) is 0 Å². The van der Waals surface area contributed by atoms with Crippen molar-refractivity contribution in [2.45, 2.75) is 0 Å². The van der Waals surface area contributed by atoms with Gasteiger partial charge in [-0.05, 0) is 13.3 Å². The zero-order valence-corrected chi connectivity index (χ0v) is 18.6. The summed E-state index contributed by atoms with van der Waals surface area (Å²) in [7, 11) is 2.38. The molecule has 34 heavy (non-hydrogen) atoms. The molecule has 0 saturated carbocycles. The molecule has 0 aromatic heterocycles. The van der Waals surface area contributed by atoms with Gasteiger partial charge < -0.3 is 14.2 Å². The molecule has 0 atom stereocenters. The molecule has 0 fully saturated rings. The first-order chi connectivity index (χ1) is 16.0. The van der Waals surface area contributed by atoms with E-state index in [4.69, 9.17) is 9.47 Å². The molecule has 0 aliphatic carbocycles. The van der Waals surface area contributed by atoms with Crippen LogP contribution in [0.3, 0.4) is 0 Å². The van der Waals surface area contributed by atoms with Crippen LogP contribution in [0.2, 0.25) is 0 Å². The number of methoxy groups -OCH3 is 3. The van der Waals surface area contributed by atoms with Crippen molar-refractivity contribution < 1.29 is 53.7 Å². The maximum absolute atomic E-state index is 15.3. The topological polar surface area (TPSA) is 27.7 Å². The van der Waals surface area contributed by atoms with Gasteiger partial charge in [0.05, 0.1) is 21.3 Å². The molecule has 3 rings (SSSR count). The van der Waals surface area contributed by atoms with Gasteiger partial charge in [0.25, 0.3) is 0 Å². The molecule has 3 nitrogen and oxygen atoms in total. The number of rotatable bonds is 6. The predicted molar refractivity (Wildman–Crippen MR) is 103 cm³/mol. The van der Waals surface area contributed by atoms with E-state index in [0.29, 0.717) is 0 Å². The number of ether oxygens (including phenoxy) is 3. The standard InChI is InChI=1S/3C7H4F3O.Al/c3*1-11-7-3-5(9)4(8)2-6(7)10;/h3H,1H3;2*2H,1H3;. The lowest BCUT2D eigenvalue weighted by Gasteiger charge is -2.23. The Balaban J connectivity index is 2.66. The van der Waals surface area contributed by atoms with Crippen molar-refractivity contribution in [1.82, 2.24) is 0 Å². The van der Waals surface area contributed by atoms with E-state index in [1.54, 1.807) is 0 Å². The Hall–Kier alpha value is -3.04. The van der Waals surface area contributed by atoms with E-state index in [2.05, 4.69) is 4.74 Å². The van der Waals surface area contributed by atoms with E-state index < -0.39 is 97.0 Å². The summed E-state index contributed by atoms with van der Waals surface area (Å²) in [4.78, 5) is 0. The number of hydrogen-bond donors (Lipinski definition) is 0. The van der Waals surface area contributed by atoms with Crippen LogP contribution in [0.4, 0.5) is 39.5 Å². The maximum Gasteiger partial charge on any atom is 0.415 e. The first-order valence-electron chi connectivity index (χ1n) is 9.14. The van der Waals surface area contributed by atoms with Crippen LogP contribution < -0.4 is 27.5 Å². The van der Waals surface area contributed by atoms with Crippen LogP contribution in [0, 0.1) is 52.4 Å². The Labute approximate surface area is 190 Å². The average molecular weight is 510 g/mol. The fourth-order valence-electron chi connectivity index (χ4n) is 3.56. The molecule has 0 unspecified atom stereocenters. The van der Waals surface area contributed by atoms with Gasteiger partial charge in [0.2, 0.25) is 0 Å². The number of hydrogen-bond acceptors (Lipinski definition) is 3. The molecule has 0 radical (unpaired) electrons. The van der Waals surface area contributed by atoms with Crippen molar-refractivity contribution in [1.29, 1.82) is 0 Å². The summed E-state index contributed by atoms with van der Waals surface area (Å²) in [6.07, 6.45) is 0. The van der Waals surface area contributed by atoms with Gasteiger partial charge in [0.15, 0.2) is 52.3 Å². The normalized spacial score (nSPS) is 10.9. The van der Waals surface area contributed by atoms with Crippen LogP contribution in [0.5, 0.6) is 17.2 Å². The smallest absolute Gasteiger partial charge is 0.415 e. The molecule has 3 aromatic rings. The van der Waals surface area contributed by atoms with Gasteiger partial charge in [0.1, 0.15) is 17.3 Å². The third kappa shape index (κ3) is 4.03. The van der Waals surface area contributed by atoms with Gasteiger partial charge >= 0.3 is 14.1 Å². The minimum atomic E-state index is -4.79. The Kier molecular flexibility index (Phi) is 7.28. The van der Waals surface area contributed by atoms with Crippen molar-refractivity contribution in [2.75, 3.05) is 21.3 Å². The van der Waals surface area contributed by atoms with Gasteiger partial charge in [-0.25, -0.2) is 39.5 Å². The van der Waals surface area contributed by atoms with Gasteiger partial charge in [-0.15, -0.1) is 0 Å². The van der Waals surface area contributed by atoms with E-state index in [1.165, 1.54) is 0 Å². The monoisotopic (exact) mass is 510 g/mol. The van der Waals surface area contributed by atoms with Crippen molar-refractivity contribution >= 4 is 27.4 Å². The molecule has 3 aromatic carbocycles.